The number of benzene rings is 1. The molecule has 0 spiro atoms. The van der Waals surface area contributed by atoms with E-state index in [0.717, 1.165) is 17.6 Å². The second kappa shape index (κ2) is 6.95. The monoisotopic (exact) mass is 261 g/mol. The minimum Gasteiger partial charge on any atom is -0.497 e. The number of rotatable bonds is 7. The van der Waals surface area contributed by atoms with Gasteiger partial charge in [-0.15, -0.1) is 0 Å². The van der Waals surface area contributed by atoms with Gasteiger partial charge in [0.15, 0.2) is 0 Å². The Morgan fingerprint density at radius 2 is 1.84 bits per heavy atom. The molecule has 0 amide bonds. The SMILES string of the molecule is COc1ccc(CCC2CCC2CNC(C)C)cc1. The van der Waals surface area contributed by atoms with E-state index < -0.39 is 0 Å². The molecule has 0 radical (unpaired) electrons. The van der Waals surface area contributed by atoms with Crippen LogP contribution in [0.15, 0.2) is 24.3 Å². The van der Waals surface area contributed by atoms with Gasteiger partial charge in [0.05, 0.1) is 7.11 Å². The third-order valence-electron chi connectivity index (χ3n) is 4.33. The molecule has 0 bridgehead atoms. The quantitative estimate of drug-likeness (QED) is 0.809. The second-order valence-electron chi connectivity index (χ2n) is 6.05. The van der Waals surface area contributed by atoms with Crippen LogP contribution in [0.4, 0.5) is 0 Å². The lowest BCUT2D eigenvalue weighted by Crippen LogP contribution is -2.38. The van der Waals surface area contributed by atoms with E-state index in [9.17, 15) is 0 Å². The van der Waals surface area contributed by atoms with Crippen molar-refractivity contribution in [1.82, 2.24) is 5.32 Å². The highest BCUT2D eigenvalue weighted by atomic mass is 16.5. The molecule has 1 saturated carbocycles. The minimum atomic E-state index is 0.614. The van der Waals surface area contributed by atoms with Gasteiger partial charge in [0.1, 0.15) is 5.75 Å². The lowest BCUT2D eigenvalue weighted by molar-refractivity contribution is 0.158. The molecule has 2 rings (SSSR count). The van der Waals surface area contributed by atoms with Crippen LogP contribution in [0.25, 0.3) is 0 Å². The molecule has 0 aromatic heterocycles. The lowest BCUT2D eigenvalue weighted by Gasteiger charge is -2.37. The highest BCUT2D eigenvalue weighted by Gasteiger charge is 2.29. The third-order valence-corrected chi connectivity index (χ3v) is 4.33. The van der Waals surface area contributed by atoms with Crippen LogP contribution in [0, 0.1) is 11.8 Å². The highest BCUT2D eigenvalue weighted by Crippen LogP contribution is 2.37. The van der Waals surface area contributed by atoms with Gasteiger partial charge < -0.3 is 10.1 Å². The molecule has 106 valence electrons. The first kappa shape index (κ1) is 14.4. The van der Waals surface area contributed by atoms with Gasteiger partial charge in [0.25, 0.3) is 0 Å². The first-order valence-electron chi connectivity index (χ1n) is 7.55. The summed E-state index contributed by atoms with van der Waals surface area (Å²) >= 11 is 0. The van der Waals surface area contributed by atoms with E-state index in [-0.39, 0.29) is 0 Å². The van der Waals surface area contributed by atoms with E-state index in [1.165, 1.54) is 37.8 Å². The average molecular weight is 261 g/mol. The average Bonchev–Trinajstić information content (AvgIpc) is 2.38. The molecular formula is C17H27NO. The van der Waals surface area contributed by atoms with E-state index in [1.807, 2.05) is 0 Å². The highest BCUT2D eigenvalue weighted by molar-refractivity contribution is 5.27. The molecule has 19 heavy (non-hydrogen) atoms. The fraction of sp³-hybridized carbons (Fsp3) is 0.647. The number of ether oxygens (including phenoxy) is 1. The predicted molar refractivity (Wildman–Crippen MR) is 80.7 cm³/mol. The Balaban J connectivity index is 1.72. The van der Waals surface area contributed by atoms with Gasteiger partial charge >= 0.3 is 0 Å². The minimum absolute atomic E-state index is 0.614. The second-order valence-corrected chi connectivity index (χ2v) is 6.05. The van der Waals surface area contributed by atoms with Crippen molar-refractivity contribution in [3.05, 3.63) is 29.8 Å². The summed E-state index contributed by atoms with van der Waals surface area (Å²) in [5, 5.41) is 3.57. The lowest BCUT2D eigenvalue weighted by atomic mass is 9.71. The zero-order valence-corrected chi connectivity index (χ0v) is 12.5. The van der Waals surface area contributed by atoms with Crippen LogP contribution < -0.4 is 10.1 Å². The number of methoxy groups -OCH3 is 1. The van der Waals surface area contributed by atoms with Crippen molar-refractivity contribution in [3.8, 4) is 5.75 Å². The van der Waals surface area contributed by atoms with Crippen molar-refractivity contribution >= 4 is 0 Å². The Morgan fingerprint density at radius 1 is 1.16 bits per heavy atom. The Labute approximate surface area is 117 Å². The summed E-state index contributed by atoms with van der Waals surface area (Å²) in [5.41, 5.74) is 1.43. The van der Waals surface area contributed by atoms with Gasteiger partial charge in [-0.2, -0.15) is 0 Å². The van der Waals surface area contributed by atoms with Crippen LogP contribution in [-0.4, -0.2) is 19.7 Å². The molecule has 2 heteroatoms. The van der Waals surface area contributed by atoms with Crippen LogP contribution in [0.5, 0.6) is 5.75 Å². The van der Waals surface area contributed by atoms with Gasteiger partial charge in [0.2, 0.25) is 0 Å². The van der Waals surface area contributed by atoms with Crippen LogP contribution in [0.1, 0.15) is 38.7 Å². The van der Waals surface area contributed by atoms with E-state index >= 15 is 0 Å². The molecule has 1 N–H and O–H groups in total. The molecule has 1 fully saturated rings. The third kappa shape index (κ3) is 4.24. The Morgan fingerprint density at radius 3 is 2.37 bits per heavy atom. The largest absolute Gasteiger partial charge is 0.497 e. The van der Waals surface area contributed by atoms with Crippen LogP contribution in [0.3, 0.4) is 0 Å². The van der Waals surface area contributed by atoms with E-state index in [4.69, 9.17) is 4.74 Å². The molecule has 0 saturated heterocycles. The van der Waals surface area contributed by atoms with E-state index in [2.05, 4.69) is 43.4 Å². The summed E-state index contributed by atoms with van der Waals surface area (Å²) < 4.78 is 5.19. The van der Waals surface area contributed by atoms with Gasteiger partial charge in [-0.25, -0.2) is 0 Å². The van der Waals surface area contributed by atoms with Crippen molar-refractivity contribution in [2.75, 3.05) is 13.7 Å². The normalized spacial score (nSPS) is 22.3. The van der Waals surface area contributed by atoms with Crippen molar-refractivity contribution in [2.45, 2.75) is 45.6 Å². The zero-order chi connectivity index (χ0) is 13.7. The number of hydrogen-bond donors (Lipinski definition) is 1. The van der Waals surface area contributed by atoms with Crippen LogP contribution in [0.2, 0.25) is 0 Å². The summed E-state index contributed by atoms with van der Waals surface area (Å²) in [6.45, 7) is 5.65. The number of nitrogens with one attached hydrogen (secondary N) is 1. The maximum Gasteiger partial charge on any atom is 0.118 e. The summed E-state index contributed by atoms with van der Waals surface area (Å²) in [6.07, 6.45) is 5.36. The first-order valence-corrected chi connectivity index (χ1v) is 7.55. The molecule has 1 aliphatic rings. The van der Waals surface area contributed by atoms with Gasteiger partial charge in [-0.3, -0.25) is 0 Å². The fourth-order valence-corrected chi connectivity index (χ4v) is 2.82. The van der Waals surface area contributed by atoms with Gasteiger partial charge in [-0.1, -0.05) is 26.0 Å². The predicted octanol–water partition coefficient (Wildman–Crippen LogP) is 3.65. The molecule has 1 aromatic carbocycles. The fourth-order valence-electron chi connectivity index (χ4n) is 2.82. The maximum absolute atomic E-state index is 5.19. The number of hydrogen-bond acceptors (Lipinski definition) is 2. The van der Waals surface area contributed by atoms with Gasteiger partial charge in [-0.05, 0) is 61.8 Å². The van der Waals surface area contributed by atoms with Gasteiger partial charge in [0, 0.05) is 6.04 Å². The van der Waals surface area contributed by atoms with Crippen LogP contribution >= 0.6 is 0 Å². The molecule has 1 aliphatic carbocycles. The van der Waals surface area contributed by atoms with Crippen LogP contribution in [-0.2, 0) is 6.42 Å². The Kier molecular flexibility index (Phi) is 5.26. The topological polar surface area (TPSA) is 21.3 Å². The summed E-state index contributed by atoms with van der Waals surface area (Å²) in [5.74, 6) is 2.78. The summed E-state index contributed by atoms with van der Waals surface area (Å²) in [6, 6.07) is 9.13. The Hall–Kier alpha value is -1.02. The summed E-state index contributed by atoms with van der Waals surface area (Å²) in [4.78, 5) is 0. The summed E-state index contributed by atoms with van der Waals surface area (Å²) in [7, 11) is 1.72. The van der Waals surface area contributed by atoms with Crippen molar-refractivity contribution in [2.24, 2.45) is 11.8 Å². The molecular weight excluding hydrogens is 234 g/mol. The zero-order valence-electron chi connectivity index (χ0n) is 12.5. The first-order chi connectivity index (χ1) is 9.19. The molecule has 0 heterocycles. The standard InChI is InChI=1S/C17H27NO/c1-13(2)18-12-16-9-8-15(16)7-4-14-5-10-17(19-3)11-6-14/h5-6,10-11,13,15-16,18H,4,7-9,12H2,1-3H3. The number of aryl methyl sites for hydroxylation is 1. The van der Waals surface area contributed by atoms with Crippen molar-refractivity contribution in [1.29, 1.82) is 0 Å². The molecule has 2 unspecified atom stereocenters. The molecule has 0 aliphatic heterocycles. The Bertz CT molecular complexity index is 371. The smallest absolute Gasteiger partial charge is 0.118 e. The van der Waals surface area contributed by atoms with Crippen molar-refractivity contribution in [3.63, 3.8) is 0 Å². The maximum atomic E-state index is 5.19. The molecule has 2 atom stereocenters. The molecule has 2 nitrogen and oxygen atoms in total. The van der Waals surface area contributed by atoms with E-state index in [1.54, 1.807) is 7.11 Å². The molecule has 1 aromatic rings. The van der Waals surface area contributed by atoms with E-state index in [0.29, 0.717) is 6.04 Å². The van der Waals surface area contributed by atoms with Crippen molar-refractivity contribution < 1.29 is 4.74 Å².